The van der Waals surface area contributed by atoms with Crippen molar-refractivity contribution in [3.63, 3.8) is 0 Å². The topological polar surface area (TPSA) is 0 Å². The van der Waals surface area contributed by atoms with Crippen LogP contribution < -0.4 is 0 Å². The number of hydrogen-bond acceptors (Lipinski definition) is 0. The van der Waals surface area contributed by atoms with Gasteiger partial charge in [0.2, 0.25) is 0 Å². The van der Waals surface area contributed by atoms with Gasteiger partial charge < -0.3 is 0 Å². The average molecular weight is 179 g/mol. The Hall–Kier alpha value is 0.370. The molecule has 0 nitrogen and oxygen atoms in total. The van der Waals surface area contributed by atoms with Gasteiger partial charge in [-0.15, -0.1) is 11.6 Å². The molecule has 0 aliphatic heterocycles. The van der Waals surface area contributed by atoms with Gasteiger partial charge in [-0.25, -0.2) is 13.2 Å². The summed E-state index contributed by atoms with van der Waals surface area (Å²) >= 11 is 9.74. The SMILES string of the molecule is FC1(F)CC(Cl)C1(F)Cl. The Morgan fingerprint density at radius 3 is 1.78 bits per heavy atom. The van der Waals surface area contributed by atoms with Crippen LogP contribution in [0.5, 0.6) is 0 Å². The quantitative estimate of drug-likeness (QED) is 0.501. The molecule has 0 amide bonds. The molecule has 0 aromatic heterocycles. The molecule has 1 saturated carbocycles. The van der Waals surface area contributed by atoms with Gasteiger partial charge in [0.25, 0.3) is 11.1 Å². The van der Waals surface area contributed by atoms with E-state index in [1.165, 1.54) is 0 Å². The number of hydrogen-bond donors (Lipinski definition) is 0. The Balaban J connectivity index is 2.70. The maximum absolute atomic E-state index is 12.3. The van der Waals surface area contributed by atoms with Crippen molar-refractivity contribution in [1.29, 1.82) is 0 Å². The minimum absolute atomic E-state index is 0.672. The molecular weight excluding hydrogens is 176 g/mol. The number of halogens is 5. The third-order valence-corrected chi connectivity index (χ3v) is 2.42. The molecule has 54 valence electrons. The van der Waals surface area contributed by atoms with Gasteiger partial charge >= 0.3 is 0 Å². The highest BCUT2D eigenvalue weighted by molar-refractivity contribution is 6.33. The number of rotatable bonds is 0. The zero-order chi connectivity index (χ0) is 7.28. The van der Waals surface area contributed by atoms with Crippen LogP contribution in [0, 0.1) is 0 Å². The van der Waals surface area contributed by atoms with E-state index in [0.29, 0.717) is 0 Å². The first-order valence-electron chi connectivity index (χ1n) is 2.27. The minimum Gasteiger partial charge on any atom is -0.218 e. The second-order valence-electron chi connectivity index (χ2n) is 2.00. The molecule has 0 heterocycles. The highest BCUT2D eigenvalue weighted by atomic mass is 35.5. The highest BCUT2D eigenvalue weighted by Crippen LogP contribution is 2.55. The van der Waals surface area contributed by atoms with E-state index in [0.717, 1.165) is 0 Å². The van der Waals surface area contributed by atoms with E-state index < -0.39 is 22.8 Å². The van der Waals surface area contributed by atoms with Crippen LogP contribution in [0.25, 0.3) is 0 Å². The summed E-state index contributed by atoms with van der Waals surface area (Å²) < 4.78 is 36.2. The lowest BCUT2D eigenvalue weighted by atomic mass is 9.91. The fraction of sp³-hybridized carbons (Fsp3) is 1.00. The van der Waals surface area contributed by atoms with Gasteiger partial charge in [0.05, 0.1) is 5.38 Å². The molecule has 9 heavy (non-hydrogen) atoms. The van der Waals surface area contributed by atoms with E-state index in [-0.39, 0.29) is 0 Å². The van der Waals surface area contributed by atoms with Gasteiger partial charge in [0, 0.05) is 6.42 Å². The van der Waals surface area contributed by atoms with Crippen molar-refractivity contribution in [3.05, 3.63) is 0 Å². The van der Waals surface area contributed by atoms with Gasteiger partial charge in [-0.3, -0.25) is 0 Å². The first-order chi connectivity index (χ1) is 3.88. The van der Waals surface area contributed by atoms with E-state index in [2.05, 4.69) is 0 Å². The summed E-state index contributed by atoms with van der Waals surface area (Å²) in [7, 11) is 0. The smallest absolute Gasteiger partial charge is 0.218 e. The van der Waals surface area contributed by atoms with Crippen molar-refractivity contribution in [3.8, 4) is 0 Å². The van der Waals surface area contributed by atoms with E-state index in [1.807, 2.05) is 0 Å². The fourth-order valence-electron chi connectivity index (χ4n) is 0.587. The summed E-state index contributed by atoms with van der Waals surface area (Å²) in [5, 5.41) is -4.27. The molecule has 2 unspecified atom stereocenters. The first-order valence-corrected chi connectivity index (χ1v) is 3.09. The monoisotopic (exact) mass is 178 g/mol. The van der Waals surface area contributed by atoms with Crippen LogP contribution in [0.3, 0.4) is 0 Å². The summed E-state index contributed by atoms with van der Waals surface area (Å²) in [6, 6.07) is 0. The molecule has 1 fully saturated rings. The van der Waals surface area contributed by atoms with Gasteiger partial charge in [0.1, 0.15) is 0 Å². The van der Waals surface area contributed by atoms with E-state index >= 15 is 0 Å². The lowest BCUT2D eigenvalue weighted by Gasteiger charge is -2.41. The summed E-state index contributed by atoms with van der Waals surface area (Å²) in [5.41, 5.74) is 0. The molecule has 2 atom stereocenters. The van der Waals surface area contributed by atoms with Gasteiger partial charge in [-0.1, -0.05) is 11.6 Å². The molecule has 0 radical (unpaired) electrons. The van der Waals surface area contributed by atoms with Gasteiger partial charge in [0.15, 0.2) is 0 Å². The second kappa shape index (κ2) is 1.70. The zero-order valence-corrected chi connectivity index (χ0v) is 5.69. The summed E-state index contributed by atoms with van der Waals surface area (Å²) in [6.45, 7) is 0. The lowest BCUT2D eigenvalue weighted by Crippen LogP contribution is -2.59. The third-order valence-electron chi connectivity index (χ3n) is 1.32. The van der Waals surface area contributed by atoms with Crippen molar-refractivity contribution in [2.45, 2.75) is 22.8 Å². The second-order valence-corrected chi connectivity index (χ2v) is 3.08. The standard InChI is InChI=1S/C4H3Cl2F3/c5-2-1-3(7,8)4(2,6)9/h2H,1H2. The zero-order valence-electron chi connectivity index (χ0n) is 4.17. The molecule has 0 aromatic carbocycles. The third kappa shape index (κ3) is 0.819. The van der Waals surface area contributed by atoms with Crippen LogP contribution in [0.1, 0.15) is 6.42 Å². The molecule has 0 saturated heterocycles. The summed E-state index contributed by atoms with van der Waals surface area (Å²) in [5.74, 6) is -3.44. The maximum Gasteiger partial charge on any atom is 0.298 e. The maximum atomic E-state index is 12.3. The first kappa shape index (κ1) is 7.48. The van der Waals surface area contributed by atoms with Crippen LogP contribution in [0.2, 0.25) is 0 Å². The largest absolute Gasteiger partial charge is 0.298 e. The molecule has 5 heteroatoms. The Labute approximate surface area is 59.9 Å². The molecule has 0 spiro atoms. The Kier molecular flexibility index (Phi) is 1.41. The van der Waals surface area contributed by atoms with Crippen LogP contribution >= 0.6 is 23.2 Å². The highest BCUT2D eigenvalue weighted by Gasteiger charge is 2.69. The van der Waals surface area contributed by atoms with Crippen LogP contribution in [0.4, 0.5) is 13.2 Å². The van der Waals surface area contributed by atoms with Crippen LogP contribution in [-0.4, -0.2) is 16.4 Å². The summed E-state index contributed by atoms with van der Waals surface area (Å²) in [4.78, 5) is 0. The summed E-state index contributed by atoms with van der Waals surface area (Å²) in [6.07, 6.45) is -0.672. The number of alkyl halides is 5. The van der Waals surface area contributed by atoms with E-state index in [9.17, 15) is 13.2 Å². The van der Waals surface area contributed by atoms with Crippen molar-refractivity contribution in [2.24, 2.45) is 0 Å². The molecular formula is C4H3Cl2F3. The van der Waals surface area contributed by atoms with Gasteiger partial charge in [-0.05, 0) is 0 Å². The average Bonchev–Trinajstić information content (AvgIpc) is 1.65. The minimum atomic E-state index is -3.44. The molecule has 0 aromatic rings. The van der Waals surface area contributed by atoms with Crippen LogP contribution in [-0.2, 0) is 0 Å². The van der Waals surface area contributed by atoms with Gasteiger partial charge in [-0.2, -0.15) is 0 Å². The van der Waals surface area contributed by atoms with Crippen LogP contribution in [0.15, 0.2) is 0 Å². The van der Waals surface area contributed by atoms with Crippen molar-refractivity contribution < 1.29 is 13.2 Å². The lowest BCUT2D eigenvalue weighted by molar-refractivity contribution is -0.162. The van der Waals surface area contributed by atoms with Crippen molar-refractivity contribution in [2.75, 3.05) is 0 Å². The van der Waals surface area contributed by atoms with E-state index in [1.54, 1.807) is 0 Å². The van der Waals surface area contributed by atoms with E-state index in [4.69, 9.17) is 23.2 Å². The predicted octanol–water partition coefficient (Wildman–Crippen LogP) is 2.54. The van der Waals surface area contributed by atoms with Crippen molar-refractivity contribution in [1.82, 2.24) is 0 Å². The molecule has 1 aliphatic rings. The Morgan fingerprint density at radius 2 is 1.78 bits per heavy atom. The van der Waals surface area contributed by atoms with Crippen molar-refractivity contribution >= 4 is 23.2 Å². The fourth-order valence-corrected chi connectivity index (χ4v) is 1.10. The molecule has 0 bridgehead atoms. The predicted molar refractivity (Wildman–Crippen MR) is 28.9 cm³/mol. The normalized spacial score (nSPS) is 48.3. The molecule has 1 aliphatic carbocycles. The Morgan fingerprint density at radius 1 is 1.33 bits per heavy atom. The Bertz CT molecular complexity index is 134. The molecule has 0 N–H and O–H groups in total. The molecule has 1 rings (SSSR count).